The molecule has 18 heavy (non-hydrogen) atoms. The highest BCUT2D eigenvalue weighted by atomic mass is 32.1. The Hall–Kier alpha value is -0.400. The van der Waals surface area contributed by atoms with E-state index in [1.54, 1.807) is 0 Å². The molecule has 7 heteroatoms. The van der Waals surface area contributed by atoms with Gasteiger partial charge in [-0.05, 0) is 19.9 Å². The van der Waals surface area contributed by atoms with Crippen LogP contribution >= 0.6 is 12.2 Å². The lowest BCUT2D eigenvalue weighted by atomic mass is 10.2. The van der Waals surface area contributed by atoms with Crippen molar-refractivity contribution in [3.63, 3.8) is 0 Å². The Kier molecular flexibility index (Phi) is 5.81. The Morgan fingerprint density at radius 2 is 1.83 bits per heavy atom. The predicted molar refractivity (Wildman–Crippen MR) is 69.5 cm³/mol. The van der Waals surface area contributed by atoms with Gasteiger partial charge in [-0.3, -0.25) is 4.90 Å². The van der Waals surface area contributed by atoms with Crippen LogP contribution in [0.15, 0.2) is 0 Å². The molecule has 0 aromatic carbocycles. The van der Waals surface area contributed by atoms with Gasteiger partial charge in [0.15, 0.2) is 0 Å². The van der Waals surface area contributed by atoms with Crippen LogP contribution in [-0.2, 0) is 0 Å². The van der Waals surface area contributed by atoms with Crippen molar-refractivity contribution in [2.45, 2.75) is 32.0 Å². The number of alkyl halides is 3. The lowest BCUT2D eigenvalue weighted by molar-refractivity contribution is -0.136. The quantitative estimate of drug-likeness (QED) is 0.777. The van der Waals surface area contributed by atoms with Gasteiger partial charge in [0, 0.05) is 32.6 Å². The van der Waals surface area contributed by atoms with Crippen molar-refractivity contribution in [3.05, 3.63) is 0 Å². The summed E-state index contributed by atoms with van der Waals surface area (Å²) in [5, 5.41) is 0. The second-order valence-corrected chi connectivity index (χ2v) is 5.15. The summed E-state index contributed by atoms with van der Waals surface area (Å²) in [4.78, 5) is 4.71. The number of thiocarbonyl (C=S) groups is 1. The molecule has 0 aliphatic carbocycles. The minimum Gasteiger partial charge on any atom is -0.392 e. The van der Waals surface area contributed by atoms with E-state index in [4.69, 9.17) is 18.0 Å². The van der Waals surface area contributed by atoms with Gasteiger partial charge in [0.05, 0.1) is 11.0 Å². The maximum absolute atomic E-state index is 12.0. The first-order valence-electron chi connectivity index (χ1n) is 6.12. The molecule has 1 fully saturated rings. The van der Waals surface area contributed by atoms with Crippen molar-refractivity contribution < 1.29 is 13.2 Å². The van der Waals surface area contributed by atoms with Gasteiger partial charge in [-0.15, -0.1) is 0 Å². The molecule has 1 aliphatic heterocycles. The first kappa shape index (κ1) is 15.7. The maximum atomic E-state index is 12.0. The highest BCUT2D eigenvalue weighted by molar-refractivity contribution is 7.80. The zero-order valence-electron chi connectivity index (χ0n) is 10.5. The molecular formula is C11H20F3N3S. The van der Waals surface area contributed by atoms with Gasteiger partial charge in [-0.2, -0.15) is 13.2 Å². The molecule has 0 radical (unpaired) electrons. The third kappa shape index (κ3) is 5.49. The fourth-order valence-electron chi connectivity index (χ4n) is 2.06. The van der Waals surface area contributed by atoms with E-state index >= 15 is 0 Å². The fourth-order valence-corrected chi connectivity index (χ4v) is 2.21. The molecule has 0 aromatic heterocycles. The van der Waals surface area contributed by atoms with E-state index in [2.05, 4.69) is 9.80 Å². The Balaban J connectivity index is 2.21. The summed E-state index contributed by atoms with van der Waals surface area (Å²) in [6, 6.07) is 0.0670. The SMILES string of the molecule is CC(C(N)=S)N1CCN(CCCC(F)(F)F)CC1. The molecule has 1 heterocycles. The molecule has 1 atom stereocenters. The number of nitrogens with two attached hydrogens (primary N) is 1. The van der Waals surface area contributed by atoms with Gasteiger partial charge in [0.2, 0.25) is 0 Å². The van der Waals surface area contributed by atoms with Crippen LogP contribution in [0, 0.1) is 0 Å². The van der Waals surface area contributed by atoms with Crippen LogP contribution in [0.4, 0.5) is 13.2 Å². The highest BCUT2D eigenvalue weighted by Gasteiger charge is 2.27. The normalized spacial score (nSPS) is 20.9. The van der Waals surface area contributed by atoms with Gasteiger partial charge < -0.3 is 10.6 Å². The lowest BCUT2D eigenvalue weighted by Gasteiger charge is -2.37. The Bertz CT molecular complexity index is 275. The predicted octanol–water partition coefficient (Wildman–Crippen LogP) is 1.62. The number of hydrogen-bond acceptors (Lipinski definition) is 3. The molecule has 1 rings (SSSR count). The summed E-state index contributed by atoms with van der Waals surface area (Å²) in [5.41, 5.74) is 5.58. The van der Waals surface area contributed by atoms with Crippen molar-refractivity contribution in [2.75, 3.05) is 32.7 Å². The molecule has 0 saturated carbocycles. The Labute approximate surface area is 111 Å². The van der Waals surface area contributed by atoms with Crippen LogP contribution in [0.1, 0.15) is 19.8 Å². The lowest BCUT2D eigenvalue weighted by Crippen LogP contribution is -2.52. The molecule has 0 aromatic rings. The van der Waals surface area contributed by atoms with Crippen molar-refractivity contribution in [1.29, 1.82) is 0 Å². The van der Waals surface area contributed by atoms with Gasteiger partial charge in [0.25, 0.3) is 0 Å². The molecule has 1 aliphatic rings. The van der Waals surface area contributed by atoms with Crippen LogP contribution in [-0.4, -0.2) is 59.7 Å². The van der Waals surface area contributed by atoms with E-state index in [1.165, 1.54) is 0 Å². The van der Waals surface area contributed by atoms with E-state index in [1.807, 2.05) is 6.92 Å². The monoisotopic (exact) mass is 283 g/mol. The fraction of sp³-hybridized carbons (Fsp3) is 0.909. The average Bonchev–Trinajstić information content (AvgIpc) is 2.27. The van der Waals surface area contributed by atoms with Gasteiger partial charge in [-0.1, -0.05) is 12.2 Å². The zero-order chi connectivity index (χ0) is 13.8. The summed E-state index contributed by atoms with van der Waals surface area (Å²) in [7, 11) is 0. The minimum atomic E-state index is -4.04. The highest BCUT2D eigenvalue weighted by Crippen LogP contribution is 2.21. The summed E-state index contributed by atoms with van der Waals surface area (Å²) in [5.74, 6) is 0. The van der Waals surface area contributed by atoms with Crippen molar-refractivity contribution in [3.8, 4) is 0 Å². The van der Waals surface area contributed by atoms with E-state index in [0.717, 1.165) is 26.2 Å². The smallest absolute Gasteiger partial charge is 0.389 e. The summed E-state index contributed by atoms with van der Waals surface area (Å²) < 4.78 is 36.0. The molecule has 106 valence electrons. The van der Waals surface area contributed by atoms with E-state index < -0.39 is 12.6 Å². The summed E-state index contributed by atoms with van der Waals surface area (Å²) >= 11 is 4.94. The second-order valence-electron chi connectivity index (χ2n) is 4.67. The second kappa shape index (κ2) is 6.68. The molecule has 0 spiro atoms. The zero-order valence-corrected chi connectivity index (χ0v) is 11.4. The van der Waals surface area contributed by atoms with E-state index in [9.17, 15) is 13.2 Å². The average molecular weight is 283 g/mol. The van der Waals surface area contributed by atoms with Crippen molar-refractivity contribution in [1.82, 2.24) is 9.80 Å². The summed E-state index contributed by atoms with van der Waals surface area (Å²) in [6.45, 7) is 5.65. The third-order valence-corrected chi connectivity index (χ3v) is 3.64. The molecule has 1 unspecified atom stereocenters. The number of halogens is 3. The van der Waals surface area contributed by atoms with Crippen LogP contribution in [0.3, 0.4) is 0 Å². The standard InChI is InChI=1S/C11H20F3N3S/c1-9(10(15)18)17-7-5-16(6-8-17)4-2-3-11(12,13)14/h9H,2-8H2,1H3,(H2,15,18). The number of hydrogen-bond donors (Lipinski definition) is 1. The number of piperazine rings is 1. The van der Waals surface area contributed by atoms with Crippen molar-refractivity contribution >= 4 is 17.2 Å². The molecule has 1 saturated heterocycles. The van der Waals surface area contributed by atoms with Crippen LogP contribution < -0.4 is 5.73 Å². The van der Waals surface area contributed by atoms with E-state index in [-0.39, 0.29) is 12.5 Å². The first-order chi connectivity index (χ1) is 8.29. The van der Waals surface area contributed by atoms with Crippen LogP contribution in [0.2, 0.25) is 0 Å². The first-order valence-corrected chi connectivity index (χ1v) is 6.53. The van der Waals surface area contributed by atoms with Crippen LogP contribution in [0.5, 0.6) is 0 Å². The Morgan fingerprint density at radius 1 is 1.28 bits per heavy atom. The number of rotatable bonds is 5. The topological polar surface area (TPSA) is 32.5 Å². The largest absolute Gasteiger partial charge is 0.392 e. The van der Waals surface area contributed by atoms with Gasteiger partial charge in [-0.25, -0.2) is 0 Å². The number of nitrogens with zero attached hydrogens (tertiary/aromatic N) is 2. The maximum Gasteiger partial charge on any atom is 0.389 e. The molecular weight excluding hydrogens is 263 g/mol. The third-order valence-electron chi connectivity index (χ3n) is 3.30. The van der Waals surface area contributed by atoms with Gasteiger partial charge >= 0.3 is 6.18 Å². The van der Waals surface area contributed by atoms with Crippen molar-refractivity contribution in [2.24, 2.45) is 5.73 Å². The van der Waals surface area contributed by atoms with E-state index in [0.29, 0.717) is 11.5 Å². The minimum absolute atomic E-state index is 0.0670. The molecule has 3 nitrogen and oxygen atoms in total. The summed E-state index contributed by atoms with van der Waals surface area (Å²) in [6.07, 6.45) is -4.56. The molecule has 0 amide bonds. The Morgan fingerprint density at radius 3 is 2.28 bits per heavy atom. The van der Waals surface area contributed by atoms with Gasteiger partial charge in [0.1, 0.15) is 0 Å². The molecule has 2 N–H and O–H groups in total. The molecule has 0 bridgehead atoms. The van der Waals surface area contributed by atoms with Crippen LogP contribution in [0.25, 0.3) is 0 Å².